The molecular weight excluding hydrogens is 211 g/mol. The Morgan fingerprint density at radius 2 is 1.88 bits per heavy atom. The maximum atomic E-state index is 11.9. The zero-order chi connectivity index (χ0) is 12.0. The summed E-state index contributed by atoms with van der Waals surface area (Å²) in [6.45, 7) is 0.416. The van der Waals surface area contributed by atoms with Crippen LogP contribution in [0.25, 0.3) is 0 Å². The van der Waals surface area contributed by atoms with Gasteiger partial charge in [0.25, 0.3) is 0 Å². The molecule has 0 fully saturated rings. The fourth-order valence-corrected chi connectivity index (χ4v) is 1.24. The van der Waals surface area contributed by atoms with Gasteiger partial charge in [-0.1, -0.05) is 12.1 Å². The molecule has 1 aromatic rings. The van der Waals surface area contributed by atoms with Gasteiger partial charge in [-0.2, -0.15) is 0 Å². The lowest BCUT2D eigenvalue weighted by atomic mass is 10.1. The van der Waals surface area contributed by atoms with Crippen LogP contribution in [-0.4, -0.2) is 18.4 Å². The highest BCUT2D eigenvalue weighted by molar-refractivity contribution is 5.79. The Kier molecular flexibility index (Phi) is 4.64. The molecule has 0 aromatic heterocycles. The Morgan fingerprint density at radius 3 is 2.38 bits per heavy atom. The largest absolute Gasteiger partial charge is 0.427 e. The first kappa shape index (κ1) is 12.4. The molecule has 0 atom stereocenters. The molecule has 86 valence electrons. The second-order valence-corrected chi connectivity index (χ2v) is 3.41. The van der Waals surface area contributed by atoms with Crippen LogP contribution in [0.5, 0.6) is 5.75 Å². The molecule has 0 aliphatic rings. The number of ether oxygens (including phenoxy) is 1. The average molecular weight is 224 g/mol. The van der Waals surface area contributed by atoms with Gasteiger partial charge in [-0.3, -0.25) is 9.59 Å². The summed E-state index contributed by atoms with van der Waals surface area (Å²) in [4.78, 5) is 21.4. The van der Waals surface area contributed by atoms with E-state index < -0.39 is 12.5 Å². The summed E-state index contributed by atoms with van der Waals surface area (Å²) in [6.07, 6.45) is 0.701. The Morgan fingerprint density at radius 1 is 1.25 bits per heavy atom. The third kappa shape index (κ3) is 4.21. The minimum Gasteiger partial charge on any atom is -0.427 e. The molecule has 0 spiro atoms. The van der Waals surface area contributed by atoms with Crippen molar-refractivity contribution in [1.29, 1.82) is 0 Å². The lowest BCUT2D eigenvalue weighted by Gasteiger charge is -2.03. The van der Waals surface area contributed by atoms with Crippen molar-refractivity contribution in [2.24, 2.45) is 0 Å². The molecule has 0 N–H and O–H groups in total. The smallest absolute Gasteiger partial charge is 0.308 e. The second-order valence-electron chi connectivity index (χ2n) is 3.41. The number of carbonyl (C=O) groups is 2. The first-order chi connectivity index (χ1) is 7.61. The highest BCUT2D eigenvalue weighted by atomic mass is 19.1. The summed E-state index contributed by atoms with van der Waals surface area (Å²) in [6, 6.07) is 6.81. The van der Waals surface area contributed by atoms with Crippen molar-refractivity contribution in [1.82, 2.24) is 0 Å². The lowest BCUT2D eigenvalue weighted by Crippen LogP contribution is -2.03. The van der Waals surface area contributed by atoms with Gasteiger partial charge < -0.3 is 4.74 Å². The molecule has 1 rings (SSSR count). The highest BCUT2D eigenvalue weighted by Gasteiger charge is 2.02. The Labute approximate surface area is 93.2 Å². The molecule has 0 saturated heterocycles. The number of esters is 1. The first-order valence-corrected chi connectivity index (χ1v) is 4.97. The number of carbonyl (C=O) groups excluding carboxylic acids is 2. The van der Waals surface area contributed by atoms with Gasteiger partial charge in [-0.05, 0) is 24.1 Å². The number of Topliss-reactive ketones (excluding diaryl/α,β-unsaturated/α-hetero) is 1. The Bertz CT molecular complexity index is 370. The first-order valence-electron chi connectivity index (χ1n) is 4.97. The van der Waals surface area contributed by atoms with E-state index in [0.29, 0.717) is 12.2 Å². The quantitative estimate of drug-likeness (QED) is 0.568. The topological polar surface area (TPSA) is 43.4 Å². The van der Waals surface area contributed by atoms with E-state index in [2.05, 4.69) is 0 Å². The lowest BCUT2D eigenvalue weighted by molar-refractivity contribution is -0.131. The van der Waals surface area contributed by atoms with Crippen molar-refractivity contribution >= 4 is 11.8 Å². The summed E-state index contributed by atoms with van der Waals surface area (Å²) in [7, 11) is 0. The number of hydrogen-bond acceptors (Lipinski definition) is 3. The third-order valence-corrected chi connectivity index (χ3v) is 2.03. The molecule has 3 nitrogen and oxygen atoms in total. The van der Waals surface area contributed by atoms with Gasteiger partial charge in [0.15, 0.2) is 5.78 Å². The molecule has 0 amide bonds. The monoisotopic (exact) mass is 224 g/mol. The molecular formula is C12H13FO3. The van der Waals surface area contributed by atoms with Crippen molar-refractivity contribution in [3.8, 4) is 5.75 Å². The van der Waals surface area contributed by atoms with Crippen LogP contribution < -0.4 is 4.74 Å². The molecule has 0 saturated carbocycles. The van der Waals surface area contributed by atoms with E-state index in [-0.39, 0.29) is 12.4 Å². The SMILES string of the molecule is CC(=O)Oc1ccc(CCC(=O)CF)cc1. The minimum atomic E-state index is -0.911. The Balaban J connectivity index is 2.51. The standard InChI is InChI=1S/C12H13FO3/c1-9(14)16-12-6-3-10(4-7-12)2-5-11(15)8-13/h3-4,6-7H,2,5,8H2,1H3. The van der Waals surface area contributed by atoms with Gasteiger partial charge in [0.1, 0.15) is 12.4 Å². The van der Waals surface area contributed by atoms with Gasteiger partial charge in [-0.25, -0.2) is 4.39 Å². The summed E-state index contributed by atoms with van der Waals surface area (Å²) >= 11 is 0. The van der Waals surface area contributed by atoms with E-state index in [4.69, 9.17) is 4.74 Å². The van der Waals surface area contributed by atoms with E-state index in [9.17, 15) is 14.0 Å². The number of benzene rings is 1. The molecule has 4 heteroatoms. The molecule has 0 unspecified atom stereocenters. The summed E-state index contributed by atoms with van der Waals surface area (Å²) in [5.41, 5.74) is 0.915. The van der Waals surface area contributed by atoms with Crippen LogP contribution in [0.2, 0.25) is 0 Å². The summed E-state index contributed by atoms with van der Waals surface area (Å²) < 4.78 is 16.7. The fraction of sp³-hybridized carbons (Fsp3) is 0.333. The van der Waals surface area contributed by atoms with Crippen LogP contribution in [0.15, 0.2) is 24.3 Å². The normalized spacial score (nSPS) is 9.88. The van der Waals surface area contributed by atoms with Crippen LogP contribution in [0.3, 0.4) is 0 Å². The van der Waals surface area contributed by atoms with E-state index in [1.54, 1.807) is 24.3 Å². The fourth-order valence-electron chi connectivity index (χ4n) is 1.24. The molecule has 0 aliphatic heterocycles. The summed E-state index contributed by atoms with van der Waals surface area (Å²) in [5.74, 6) is -0.308. The predicted octanol–water partition coefficient (Wildman–Crippen LogP) is 2.08. The number of hydrogen-bond donors (Lipinski definition) is 0. The molecule has 0 radical (unpaired) electrons. The van der Waals surface area contributed by atoms with Crippen molar-refractivity contribution < 1.29 is 18.7 Å². The molecule has 16 heavy (non-hydrogen) atoms. The number of halogens is 1. The van der Waals surface area contributed by atoms with Crippen LogP contribution >= 0.6 is 0 Å². The zero-order valence-electron chi connectivity index (χ0n) is 9.03. The van der Waals surface area contributed by atoms with Gasteiger partial charge in [0, 0.05) is 13.3 Å². The number of aryl methyl sites for hydroxylation is 1. The summed E-state index contributed by atoms with van der Waals surface area (Å²) in [5, 5.41) is 0. The van der Waals surface area contributed by atoms with Crippen LogP contribution in [0, 0.1) is 0 Å². The maximum Gasteiger partial charge on any atom is 0.308 e. The van der Waals surface area contributed by atoms with Crippen molar-refractivity contribution in [3.05, 3.63) is 29.8 Å². The van der Waals surface area contributed by atoms with Gasteiger partial charge in [0.2, 0.25) is 0 Å². The molecule has 0 bridgehead atoms. The van der Waals surface area contributed by atoms with E-state index in [1.807, 2.05) is 0 Å². The number of alkyl halides is 1. The zero-order valence-corrected chi connectivity index (χ0v) is 9.03. The predicted molar refractivity (Wildman–Crippen MR) is 57.1 cm³/mol. The maximum absolute atomic E-state index is 11.9. The minimum absolute atomic E-state index is 0.198. The van der Waals surface area contributed by atoms with Crippen molar-refractivity contribution in [2.45, 2.75) is 19.8 Å². The van der Waals surface area contributed by atoms with Crippen LogP contribution in [-0.2, 0) is 16.0 Å². The van der Waals surface area contributed by atoms with E-state index >= 15 is 0 Å². The van der Waals surface area contributed by atoms with E-state index in [0.717, 1.165) is 5.56 Å². The average Bonchev–Trinajstić information content (AvgIpc) is 2.27. The van der Waals surface area contributed by atoms with Gasteiger partial charge >= 0.3 is 5.97 Å². The third-order valence-electron chi connectivity index (χ3n) is 2.03. The molecule has 0 heterocycles. The van der Waals surface area contributed by atoms with Gasteiger partial charge in [0.05, 0.1) is 0 Å². The van der Waals surface area contributed by atoms with Crippen LogP contribution in [0.1, 0.15) is 18.9 Å². The van der Waals surface area contributed by atoms with Crippen molar-refractivity contribution in [3.63, 3.8) is 0 Å². The highest BCUT2D eigenvalue weighted by Crippen LogP contribution is 2.13. The number of rotatable bonds is 5. The Hall–Kier alpha value is -1.71. The van der Waals surface area contributed by atoms with Crippen molar-refractivity contribution in [2.75, 3.05) is 6.67 Å². The molecule has 1 aromatic carbocycles. The molecule has 0 aliphatic carbocycles. The second kappa shape index (κ2) is 6.00. The number of ketones is 1. The van der Waals surface area contributed by atoms with Crippen LogP contribution in [0.4, 0.5) is 4.39 Å². The van der Waals surface area contributed by atoms with E-state index in [1.165, 1.54) is 6.92 Å². The van der Waals surface area contributed by atoms with Gasteiger partial charge in [-0.15, -0.1) is 0 Å².